The van der Waals surface area contributed by atoms with Gasteiger partial charge in [0.05, 0.1) is 40.0 Å². The summed E-state index contributed by atoms with van der Waals surface area (Å²) in [5.41, 5.74) is 9.42. The van der Waals surface area contributed by atoms with Crippen LogP contribution in [0.2, 0.25) is 5.02 Å². The zero-order valence-corrected chi connectivity index (χ0v) is 22.2. The van der Waals surface area contributed by atoms with Crippen molar-refractivity contribution < 1.29 is 8.42 Å². The van der Waals surface area contributed by atoms with Gasteiger partial charge in [0.2, 0.25) is 10.0 Å². The van der Waals surface area contributed by atoms with E-state index in [-0.39, 0.29) is 21.5 Å². The largest absolute Gasteiger partial charge is 0.397 e. The van der Waals surface area contributed by atoms with Crippen LogP contribution in [0, 0.1) is 0 Å². The lowest BCUT2D eigenvalue weighted by Crippen LogP contribution is -2.22. The number of rotatable bonds is 5. The van der Waals surface area contributed by atoms with Gasteiger partial charge in [-0.3, -0.25) is 14.3 Å². The summed E-state index contributed by atoms with van der Waals surface area (Å²) in [5.74, 6) is 0.348. The Hall–Kier alpha value is -4.84. The fourth-order valence-corrected chi connectivity index (χ4v) is 5.02. The molecule has 0 saturated heterocycles. The molecule has 0 bridgehead atoms. The second-order valence-electron chi connectivity index (χ2n) is 8.94. The number of fused-ring (bicyclic) bond motifs is 1. The number of nitrogen functional groups attached to an aromatic ring is 1. The first kappa shape index (κ1) is 25.4. The van der Waals surface area contributed by atoms with Gasteiger partial charge in [0.1, 0.15) is 11.2 Å². The minimum absolute atomic E-state index is 0.0877. The lowest BCUT2D eigenvalue weighted by Gasteiger charge is -2.14. The SMILES string of the molecule is Nc1ccc(-c2ccc(-c3nc4c(cnn4-c4cccc(S(N)(=O)=O)c4)c(=O)n3-c3ccc(Cl)cc3)cc2)nc1. The molecule has 3 heterocycles. The normalized spacial score (nSPS) is 11.7. The molecule has 0 atom stereocenters. The summed E-state index contributed by atoms with van der Waals surface area (Å²) in [5, 5.41) is 10.4. The average Bonchev–Trinajstić information content (AvgIpc) is 3.38. The fraction of sp³-hybridized carbons (Fsp3) is 0. The van der Waals surface area contributed by atoms with Crippen molar-refractivity contribution in [3.63, 3.8) is 0 Å². The summed E-state index contributed by atoms with van der Waals surface area (Å²) in [6.45, 7) is 0. The lowest BCUT2D eigenvalue weighted by atomic mass is 10.1. The van der Waals surface area contributed by atoms with Crippen LogP contribution in [-0.2, 0) is 10.0 Å². The maximum Gasteiger partial charge on any atom is 0.269 e. The van der Waals surface area contributed by atoms with Gasteiger partial charge < -0.3 is 5.73 Å². The lowest BCUT2D eigenvalue weighted by molar-refractivity contribution is 0.597. The summed E-state index contributed by atoms with van der Waals surface area (Å²) >= 11 is 6.11. The van der Waals surface area contributed by atoms with Crippen LogP contribution in [0.1, 0.15) is 0 Å². The summed E-state index contributed by atoms with van der Waals surface area (Å²) in [4.78, 5) is 23.0. The minimum Gasteiger partial charge on any atom is -0.397 e. The molecular weight excluding hydrogens is 550 g/mol. The molecule has 0 aliphatic heterocycles. The van der Waals surface area contributed by atoms with Crippen molar-refractivity contribution in [2.24, 2.45) is 5.14 Å². The molecule has 3 aromatic heterocycles. The predicted octanol–water partition coefficient (Wildman–Crippen LogP) is 4.18. The Morgan fingerprint density at radius 2 is 1.55 bits per heavy atom. The first-order valence-electron chi connectivity index (χ1n) is 11.9. The molecule has 10 nitrogen and oxygen atoms in total. The molecular formula is C28H20ClN7O3S. The number of benzene rings is 3. The van der Waals surface area contributed by atoms with E-state index in [2.05, 4.69) is 10.1 Å². The third-order valence-electron chi connectivity index (χ3n) is 6.30. The molecule has 0 amide bonds. The van der Waals surface area contributed by atoms with Gasteiger partial charge in [-0.2, -0.15) is 5.10 Å². The van der Waals surface area contributed by atoms with Gasteiger partial charge in [-0.1, -0.05) is 41.9 Å². The molecule has 6 rings (SSSR count). The number of hydrogen-bond acceptors (Lipinski definition) is 7. The van der Waals surface area contributed by atoms with Gasteiger partial charge in [-0.15, -0.1) is 0 Å². The average molecular weight is 570 g/mol. The summed E-state index contributed by atoms with van der Waals surface area (Å²) < 4.78 is 26.8. The standard InChI is InChI=1S/C28H20ClN7O3S/c29-19-8-11-21(12-9-19)35-26(18-6-4-17(5-7-18)25-13-10-20(30)15-32-25)34-27-24(28(35)37)16-33-36(27)22-2-1-3-23(14-22)40(31,38)39/h1-16H,30H2,(H2,31,38,39). The van der Waals surface area contributed by atoms with E-state index in [0.29, 0.717) is 33.5 Å². The van der Waals surface area contributed by atoms with E-state index < -0.39 is 10.0 Å². The molecule has 12 heteroatoms. The van der Waals surface area contributed by atoms with Gasteiger partial charge in [0, 0.05) is 16.1 Å². The topological polar surface area (TPSA) is 152 Å². The second-order valence-corrected chi connectivity index (χ2v) is 10.9. The molecule has 40 heavy (non-hydrogen) atoms. The molecule has 6 aromatic rings. The van der Waals surface area contributed by atoms with E-state index in [4.69, 9.17) is 27.5 Å². The molecule has 0 saturated carbocycles. The van der Waals surface area contributed by atoms with E-state index in [9.17, 15) is 13.2 Å². The van der Waals surface area contributed by atoms with Crippen molar-refractivity contribution in [2.75, 3.05) is 5.73 Å². The highest BCUT2D eigenvalue weighted by Crippen LogP contribution is 2.27. The first-order valence-corrected chi connectivity index (χ1v) is 13.8. The van der Waals surface area contributed by atoms with Gasteiger partial charge in [0.15, 0.2) is 5.65 Å². The van der Waals surface area contributed by atoms with Crippen molar-refractivity contribution in [3.8, 4) is 34.0 Å². The number of nitrogens with zero attached hydrogens (tertiary/aromatic N) is 5. The zero-order valence-electron chi connectivity index (χ0n) is 20.6. The number of aromatic nitrogens is 5. The van der Waals surface area contributed by atoms with Crippen LogP contribution in [0.5, 0.6) is 0 Å². The van der Waals surface area contributed by atoms with Crippen molar-refractivity contribution in [1.29, 1.82) is 0 Å². The van der Waals surface area contributed by atoms with Gasteiger partial charge >= 0.3 is 0 Å². The highest BCUT2D eigenvalue weighted by Gasteiger charge is 2.19. The predicted molar refractivity (Wildman–Crippen MR) is 154 cm³/mol. The maximum atomic E-state index is 13.9. The van der Waals surface area contributed by atoms with Crippen LogP contribution < -0.4 is 16.4 Å². The number of primary sulfonamides is 1. The Morgan fingerprint density at radius 1 is 0.825 bits per heavy atom. The molecule has 0 aliphatic rings. The number of hydrogen-bond donors (Lipinski definition) is 2. The van der Waals surface area contributed by atoms with Gasteiger partial charge in [-0.25, -0.2) is 23.2 Å². The third-order valence-corrected chi connectivity index (χ3v) is 7.46. The molecule has 0 spiro atoms. The van der Waals surface area contributed by atoms with Crippen LogP contribution in [-0.4, -0.2) is 32.7 Å². The highest BCUT2D eigenvalue weighted by atomic mass is 35.5. The molecule has 4 N–H and O–H groups in total. The monoisotopic (exact) mass is 569 g/mol. The zero-order chi connectivity index (χ0) is 28.0. The second kappa shape index (κ2) is 9.72. The van der Waals surface area contributed by atoms with Gasteiger partial charge in [0.25, 0.3) is 5.56 Å². The van der Waals surface area contributed by atoms with E-state index in [0.717, 1.165) is 11.3 Å². The number of pyridine rings is 1. The Kier molecular flexibility index (Phi) is 6.18. The number of anilines is 1. The van der Waals surface area contributed by atoms with Gasteiger partial charge in [-0.05, 0) is 54.6 Å². The minimum atomic E-state index is -3.95. The van der Waals surface area contributed by atoms with Crippen LogP contribution in [0.3, 0.4) is 0 Å². The Morgan fingerprint density at radius 3 is 2.23 bits per heavy atom. The fourth-order valence-electron chi connectivity index (χ4n) is 4.34. The smallest absolute Gasteiger partial charge is 0.269 e. The van der Waals surface area contributed by atoms with E-state index in [1.165, 1.54) is 27.6 Å². The van der Waals surface area contributed by atoms with Crippen molar-refractivity contribution in [1.82, 2.24) is 24.3 Å². The molecule has 198 valence electrons. The Labute approximate surface area is 233 Å². The van der Waals surface area contributed by atoms with Crippen LogP contribution in [0.25, 0.3) is 45.1 Å². The highest BCUT2D eigenvalue weighted by molar-refractivity contribution is 7.89. The summed E-state index contributed by atoms with van der Waals surface area (Å²) in [7, 11) is -3.95. The summed E-state index contributed by atoms with van der Waals surface area (Å²) in [6.07, 6.45) is 2.99. The number of halogens is 1. The Bertz CT molecular complexity index is 2050. The first-order chi connectivity index (χ1) is 19.2. The third kappa shape index (κ3) is 4.62. The van der Waals surface area contributed by atoms with Crippen LogP contribution in [0.15, 0.2) is 107 Å². The number of sulfonamides is 1. The van der Waals surface area contributed by atoms with E-state index in [1.807, 2.05) is 30.3 Å². The molecule has 0 unspecified atom stereocenters. The molecule has 0 aliphatic carbocycles. The van der Waals surface area contributed by atoms with Crippen LogP contribution in [0.4, 0.5) is 5.69 Å². The maximum absolute atomic E-state index is 13.9. The van der Waals surface area contributed by atoms with Crippen LogP contribution >= 0.6 is 11.6 Å². The number of nitrogens with two attached hydrogens (primary N) is 2. The van der Waals surface area contributed by atoms with Crippen molar-refractivity contribution >= 4 is 38.3 Å². The summed E-state index contributed by atoms with van der Waals surface area (Å²) in [6, 6.07) is 23.8. The Balaban J connectivity index is 1.57. The molecule has 0 fully saturated rings. The molecule has 3 aromatic carbocycles. The van der Waals surface area contributed by atoms with Crippen molar-refractivity contribution in [3.05, 3.63) is 113 Å². The van der Waals surface area contributed by atoms with E-state index >= 15 is 0 Å². The van der Waals surface area contributed by atoms with E-state index in [1.54, 1.807) is 48.7 Å². The molecule has 0 radical (unpaired) electrons. The quantitative estimate of drug-likeness (QED) is 0.316. The van der Waals surface area contributed by atoms with Crippen molar-refractivity contribution in [2.45, 2.75) is 4.90 Å².